The van der Waals surface area contributed by atoms with E-state index in [9.17, 15) is 0 Å². The van der Waals surface area contributed by atoms with Crippen molar-refractivity contribution in [2.24, 2.45) is 0 Å². The fraction of sp³-hybridized carbons (Fsp3) is 0.625. The van der Waals surface area contributed by atoms with Gasteiger partial charge in [-0.25, -0.2) is 0 Å². The number of nitrogens with zero attached hydrogens (tertiary/aromatic N) is 1. The maximum atomic E-state index is 6.40. The Labute approximate surface area is 123 Å². The molecule has 1 unspecified atom stereocenters. The van der Waals surface area contributed by atoms with Crippen LogP contribution in [0.4, 0.5) is 5.69 Å². The fourth-order valence-electron chi connectivity index (χ4n) is 2.25. The minimum atomic E-state index is 0.303. The second kappa shape index (κ2) is 8.44. The molecule has 2 nitrogen and oxygen atoms in total. The first-order chi connectivity index (χ1) is 9.10. The third-order valence-corrected chi connectivity index (χ3v) is 3.83. The van der Waals surface area contributed by atoms with Gasteiger partial charge in [0.05, 0.1) is 0 Å². The molecule has 3 heteroatoms. The Morgan fingerprint density at radius 2 is 2.00 bits per heavy atom. The van der Waals surface area contributed by atoms with Crippen molar-refractivity contribution in [3.05, 3.63) is 28.8 Å². The van der Waals surface area contributed by atoms with Crippen molar-refractivity contribution in [1.82, 2.24) is 5.32 Å². The molecule has 0 amide bonds. The van der Waals surface area contributed by atoms with E-state index in [1.807, 2.05) is 0 Å². The maximum Gasteiger partial charge on any atom is 0.0474 e. The third-order valence-electron chi connectivity index (χ3n) is 3.50. The molecule has 0 heterocycles. The second-order valence-electron chi connectivity index (χ2n) is 5.11. The van der Waals surface area contributed by atoms with E-state index in [1.54, 1.807) is 0 Å². The van der Waals surface area contributed by atoms with Crippen molar-refractivity contribution in [2.45, 2.75) is 46.1 Å². The molecule has 108 valence electrons. The summed E-state index contributed by atoms with van der Waals surface area (Å²) in [4.78, 5) is 2.28. The maximum absolute atomic E-state index is 6.40. The van der Waals surface area contributed by atoms with Gasteiger partial charge in [0.1, 0.15) is 0 Å². The summed E-state index contributed by atoms with van der Waals surface area (Å²) < 4.78 is 0. The SMILES string of the molecule is CCCCCN(C)c1ccc(C(C)NCC)c(Cl)c1. The van der Waals surface area contributed by atoms with Crippen molar-refractivity contribution in [1.29, 1.82) is 0 Å². The average Bonchev–Trinajstić information content (AvgIpc) is 2.39. The molecular formula is C16H27ClN2. The average molecular weight is 283 g/mol. The standard InChI is InChI=1S/C16H27ClN2/c1-5-7-8-11-19(4)14-9-10-15(16(17)12-14)13(3)18-6-2/h9-10,12-13,18H,5-8,11H2,1-4H3. The molecule has 0 fully saturated rings. The summed E-state index contributed by atoms with van der Waals surface area (Å²) in [6.07, 6.45) is 3.78. The molecule has 0 aromatic heterocycles. The lowest BCUT2D eigenvalue weighted by atomic mass is 10.1. The van der Waals surface area contributed by atoms with E-state index >= 15 is 0 Å². The predicted octanol–water partition coefficient (Wildman–Crippen LogP) is 4.64. The van der Waals surface area contributed by atoms with E-state index in [4.69, 9.17) is 11.6 Å². The van der Waals surface area contributed by atoms with Gasteiger partial charge >= 0.3 is 0 Å². The first-order valence-corrected chi connectivity index (χ1v) is 7.71. The van der Waals surface area contributed by atoms with Crippen LogP contribution in [0, 0.1) is 0 Å². The summed E-state index contributed by atoms with van der Waals surface area (Å²) in [5.74, 6) is 0. The quantitative estimate of drug-likeness (QED) is 0.699. The molecule has 0 bridgehead atoms. The lowest BCUT2D eigenvalue weighted by molar-refractivity contribution is 0.598. The summed E-state index contributed by atoms with van der Waals surface area (Å²) in [6, 6.07) is 6.69. The van der Waals surface area contributed by atoms with E-state index < -0.39 is 0 Å². The second-order valence-corrected chi connectivity index (χ2v) is 5.52. The number of halogens is 1. The third kappa shape index (κ3) is 5.04. The monoisotopic (exact) mass is 282 g/mol. The summed E-state index contributed by atoms with van der Waals surface area (Å²) in [7, 11) is 2.13. The van der Waals surface area contributed by atoms with Gasteiger partial charge in [0.15, 0.2) is 0 Å². The van der Waals surface area contributed by atoms with Crippen molar-refractivity contribution in [2.75, 3.05) is 25.0 Å². The van der Waals surface area contributed by atoms with Crippen LogP contribution in [0.15, 0.2) is 18.2 Å². The first kappa shape index (κ1) is 16.3. The predicted molar refractivity (Wildman–Crippen MR) is 86.3 cm³/mol. The van der Waals surface area contributed by atoms with Crippen molar-refractivity contribution >= 4 is 17.3 Å². The molecule has 0 saturated heterocycles. The van der Waals surface area contributed by atoms with E-state index in [2.05, 4.69) is 56.2 Å². The number of hydrogen-bond donors (Lipinski definition) is 1. The van der Waals surface area contributed by atoms with Gasteiger partial charge in [-0.1, -0.05) is 44.4 Å². The van der Waals surface area contributed by atoms with Crippen LogP contribution in [0.5, 0.6) is 0 Å². The largest absolute Gasteiger partial charge is 0.375 e. The lowest BCUT2D eigenvalue weighted by Gasteiger charge is -2.21. The van der Waals surface area contributed by atoms with Gasteiger partial charge in [0.2, 0.25) is 0 Å². The summed E-state index contributed by atoms with van der Waals surface area (Å²) in [6.45, 7) is 8.53. The highest BCUT2D eigenvalue weighted by Gasteiger charge is 2.10. The fourth-order valence-corrected chi connectivity index (χ4v) is 2.59. The number of hydrogen-bond acceptors (Lipinski definition) is 2. The van der Waals surface area contributed by atoms with E-state index in [-0.39, 0.29) is 0 Å². The van der Waals surface area contributed by atoms with Gasteiger partial charge in [0, 0.05) is 30.3 Å². The molecular weight excluding hydrogens is 256 g/mol. The molecule has 1 atom stereocenters. The lowest BCUT2D eigenvalue weighted by Crippen LogP contribution is -2.20. The van der Waals surface area contributed by atoms with E-state index in [0.29, 0.717) is 6.04 Å². The molecule has 1 rings (SSSR count). The Kier molecular flexibility index (Phi) is 7.25. The number of unbranched alkanes of at least 4 members (excludes halogenated alkanes) is 2. The van der Waals surface area contributed by atoms with Crippen LogP contribution in [0.3, 0.4) is 0 Å². The molecule has 0 radical (unpaired) electrons. The van der Waals surface area contributed by atoms with E-state index in [0.717, 1.165) is 18.1 Å². The Morgan fingerprint density at radius 1 is 1.26 bits per heavy atom. The van der Waals surface area contributed by atoms with Crippen LogP contribution in [-0.2, 0) is 0 Å². The highest BCUT2D eigenvalue weighted by molar-refractivity contribution is 6.31. The Bertz CT molecular complexity index is 379. The van der Waals surface area contributed by atoms with Crippen molar-refractivity contribution in [3.63, 3.8) is 0 Å². The van der Waals surface area contributed by atoms with Crippen LogP contribution < -0.4 is 10.2 Å². The first-order valence-electron chi connectivity index (χ1n) is 7.34. The van der Waals surface area contributed by atoms with Crippen LogP contribution in [0.25, 0.3) is 0 Å². The van der Waals surface area contributed by atoms with Crippen LogP contribution >= 0.6 is 11.6 Å². The molecule has 0 aliphatic rings. The van der Waals surface area contributed by atoms with Crippen LogP contribution in [0.1, 0.15) is 51.6 Å². The van der Waals surface area contributed by atoms with Crippen LogP contribution in [-0.4, -0.2) is 20.1 Å². The van der Waals surface area contributed by atoms with Gasteiger partial charge in [-0.2, -0.15) is 0 Å². The molecule has 0 aliphatic carbocycles. The highest BCUT2D eigenvalue weighted by atomic mass is 35.5. The number of rotatable bonds is 8. The Balaban J connectivity index is 2.70. The molecule has 0 saturated carbocycles. The minimum Gasteiger partial charge on any atom is -0.375 e. The molecule has 1 aromatic carbocycles. The minimum absolute atomic E-state index is 0.303. The van der Waals surface area contributed by atoms with Crippen molar-refractivity contribution < 1.29 is 0 Å². The summed E-state index contributed by atoms with van der Waals surface area (Å²) in [5, 5.41) is 4.25. The zero-order valence-corrected chi connectivity index (χ0v) is 13.4. The Hall–Kier alpha value is -0.730. The van der Waals surface area contributed by atoms with E-state index in [1.165, 1.54) is 30.5 Å². The van der Waals surface area contributed by atoms with Crippen molar-refractivity contribution in [3.8, 4) is 0 Å². The van der Waals surface area contributed by atoms with Gasteiger partial charge in [0.25, 0.3) is 0 Å². The van der Waals surface area contributed by atoms with Gasteiger partial charge in [-0.3, -0.25) is 0 Å². The van der Waals surface area contributed by atoms with Crippen LogP contribution in [0.2, 0.25) is 5.02 Å². The number of anilines is 1. The molecule has 1 N–H and O–H groups in total. The smallest absolute Gasteiger partial charge is 0.0474 e. The Morgan fingerprint density at radius 3 is 2.58 bits per heavy atom. The normalized spacial score (nSPS) is 12.5. The zero-order valence-electron chi connectivity index (χ0n) is 12.7. The van der Waals surface area contributed by atoms with Gasteiger partial charge in [-0.15, -0.1) is 0 Å². The number of nitrogens with one attached hydrogen (secondary N) is 1. The zero-order chi connectivity index (χ0) is 14.3. The number of benzene rings is 1. The van der Waals surface area contributed by atoms with Gasteiger partial charge in [-0.05, 0) is 37.6 Å². The molecule has 19 heavy (non-hydrogen) atoms. The summed E-state index contributed by atoms with van der Waals surface area (Å²) >= 11 is 6.40. The van der Waals surface area contributed by atoms with Gasteiger partial charge < -0.3 is 10.2 Å². The molecule has 0 spiro atoms. The molecule has 0 aliphatic heterocycles. The highest BCUT2D eigenvalue weighted by Crippen LogP contribution is 2.27. The molecule has 1 aromatic rings. The topological polar surface area (TPSA) is 15.3 Å². The summed E-state index contributed by atoms with van der Waals surface area (Å²) in [5.41, 5.74) is 2.38.